The monoisotopic (exact) mass is 341 g/mol. The Bertz CT molecular complexity index is 772. The predicted octanol–water partition coefficient (Wildman–Crippen LogP) is 3.24. The number of rotatable bonds is 5. The van der Waals surface area contributed by atoms with Crippen molar-refractivity contribution < 1.29 is 8.76 Å². The number of thiazole rings is 1. The van der Waals surface area contributed by atoms with Gasteiger partial charge < -0.3 is 0 Å². The second kappa shape index (κ2) is 6.15. The summed E-state index contributed by atoms with van der Waals surface area (Å²) in [5.41, 5.74) is 1.09. The number of anilines is 1. The molecule has 3 aromatic rings. The lowest BCUT2D eigenvalue weighted by Gasteiger charge is -2.19. The molecule has 3 rings (SSSR count). The first-order chi connectivity index (χ1) is 10.2. The fraction of sp³-hybridized carbons (Fsp3) is 0.154. The lowest BCUT2D eigenvalue weighted by molar-refractivity contribution is 0.558. The molecule has 0 bridgehead atoms. The van der Waals surface area contributed by atoms with Gasteiger partial charge in [0, 0.05) is 18.1 Å². The molecule has 0 spiro atoms. The Kier molecular flexibility index (Phi) is 4.25. The molecule has 5 nitrogen and oxygen atoms in total. The van der Waals surface area contributed by atoms with Crippen molar-refractivity contribution in [1.29, 1.82) is 0 Å². The number of imidazole rings is 1. The Labute approximate surface area is 133 Å². The average Bonchev–Trinajstić information content (AvgIpc) is 3.02. The van der Waals surface area contributed by atoms with E-state index in [1.165, 1.54) is 15.6 Å². The predicted molar refractivity (Wildman–Crippen MR) is 86.3 cm³/mol. The van der Waals surface area contributed by atoms with Crippen molar-refractivity contribution in [1.82, 2.24) is 9.38 Å². The van der Waals surface area contributed by atoms with Crippen LogP contribution in [0.1, 0.15) is 5.56 Å². The highest BCUT2D eigenvalue weighted by atomic mass is 35.5. The molecule has 0 fully saturated rings. The first-order valence-electron chi connectivity index (χ1n) is 6.20. The van der Waals surface area contributed by atoms with Crippen molar-refractivity contribution in [3.05, 3.63) is 52.6 Å². The third kappa shape index (κ3) is 2.96. The minimum atomic E-state index is -2.16. The molecule has 1 aromatic carbocycles. The molecule has 0 saturated heterocycles. The number of hydrogen-bond donors (Lipinski definition) is 1. The molecule has 0 amide bonds. The largest absolute Gasteiger partial charge is 0.289 e. The molecule has 0 radical (unpaired) electrons. The number of aromatic nitrogens is 2. The summed E-state index contributed by atoms with van der Waals surface area (Å²) in [6.07, 6.45) is 2.43. The zero-order chi connectivity index (χ0) is 14.8. The Balaban J connectivity index is 1.89. The Morgan fingerprint density at radius 3 is 2.86 bits per heavy atom. The number of benzene rings is 1. The highest BCUT2D eigenvalue weighted by molar-refractivity contribution is 7.80. The molecule has 8 heteroatoms. The fourth-order valence-corrected chi connectivity index (χ4v) is 3.76. The highest BCUT2D eigenvalue weighted by Gasteiger charge is 2.22. The Morgan fingerprint density at radius 1 is 1.38 bits per heavy atom. The maximum absolute atomic E-state index is 11.7. The van der Waals surface area contributed by atoms with Crippen molar-refractivity contribution >= 4 is 45.0 Å². The lowest BCUT2D eigenvalue weighted by Crippen LogP contribution is -2.29. The summed E-state index contributed by atoms with van der Waals surface area (Å²) in [7, 11) is 0. The smallest absolute Gasteiger partial charge is 0.263 e. The molecule has 0 aliphatic heterocycles. The second-order valence-corrected chi connectivity index (χ2v) is 6.48. The molecule has 0 aliphatic carbocycles. The van der Waals surface area contributed by atoms with Gasteiger partial charge in [0.15, 0.2) is 15.9 Å². The summed E-state index contributed by atoms with van der Waals surface area (Å²) >= 11 is 5.38. The summed E-state index contributed by atoms with van der Waals surface area (Å²) < 4.78 is 24.3. The molecule has 21 heavy (non-hydrogen) atoms. The van der Waals surface area contributed by atoms with Crippen molar-refractivity contribution in [2.75, 3.05) is 10.8 Å². The average molecular weight is 342 g/mol. The van der Waals surface area contributed by atoms with Crippen LogP contribution in [-0.4, -0.2) is 24.7 Å². The molecule has 110 valence electrons. The molecule has 0 saturated carbocycles. The number of nitrogens with zero attached hydrogens (tertiary/aromatic N) is 3. The topological polar surface area (TPSA) is 57.8 Å². The van der Waals surface area contributed by atoms with Gasteiger partial charge in [-0.1, -0.05) is 41.9 Å². The van der Waals surface area contributed by atoms with Gasteiger partial charge in [0.25, 0.3) is 11.3 Å². The molecular formula is C13H12ClN3O2S2. The zero-order valence-electron chi connectivity index (χ0n) is 10.8. The van der Waals surface area contributed by atoms with E-state index in [0.29, 0.717) is 23.7 Å². The molecule has 1 unspecified atom stereocenters. The van der Waals surface area contributed by atoms with Gasteiger partial charge in [0.2, 0.25) is 0 Å². The van der Waals surface area contributed by atoms with E-state index in [1.54, 1.807) is 10.6 Å². The van der Waals surface area contributed by atoms with Gasteiger partial charge >= 0.3 is 0 Å². The van der Waals surface area contributed by atoms with Gasteiger partial charge in [-0.2, -0.15) is 0 Å². The van der Waals surface area contributed by atoms with Crippen LogP contribution in [-0.2, 0) is 17.7 Å². The van der Waals surface area contributed by atoms with Crippen LogP contribution >= 0.6 is 22.9 Å². The lowest BCUT2D eigenvalue weighted by atomic mass is 10.1. The van der Waals surface area contributed by atoms with Crippen LogP contribution in [0, 0.1) is 0 Å². The summed E-state index contributed by atoms with van der Waals surface area (Å²) in [6, 6.07) is 9.79. The van der Waals surface area contributed by atoms with E-state index in [-0.39, 0.29) is 5.15 Å². The molecule has 0 aliphatic rings. The zero-order valence-corrected chi connectivity index (χ0v) is 13.2. The van der Waals surface area contributed by atoms with E-state index in [0.717, 1.165) is 5.56 Å². The van der Waals surface area contributed by atoms with E-state index in [4.69, 9.17) is 11.6 Å². The SMILES string of the molecule is O=S(O)N(CCc1ccccc1)c1c(Cl)nc2sccn12. The summed E-state index contributed by atoms with van der Waals surface area (Å²) in [5.74, 6) is 0.449. The van der Waals surface area contributed by atoms with Gasteiger partial charge in [0.1, 0.15) is 0 Å². The van der Waals surface area contributed by atoms with Gasteiger partial charge in [-0.25, -0.2) is 9.19 Å². The van der Waals surface area contributed by atoms with Gasteiger partial charge in [-0.15, -0.1) is 11.3 Å². The van der Waals surface area contributed by atoms with Crippen molar-refractivity contribution in [3.63, 3.8) is 0 Å². The van der Waals surface area contributed by atoms with Crippen LogP contribution < -0.4 is 4.31 Å². The molecule has 2 aromatic heterocycles. The van der Waals surface area contributed by atoms with E-state index in [9.17, 15) is 8.76 Å². The minimum Gasteiger partial charge on any atom is -0.289 e. The van der Waals surface area contributed by atoms with Crippen LogP contribution in [0.5, 0.6) is 0 Å². The van der Waals surface area contributed by atoms with Gasteiger partial charge in [-0.05, 0) is 12.0 Å². The van der Waals surface area contributed by atoms with Crippen LogP contribution in [0.25, 0.3) is 4.96 Å². The van der Waals surface area contributed by atoms with Gasteiger partial charge in [0.05, 0.1) is 0 Å². The highest BCUT2D eigenvalue weighted by Crippen LogP contribution is 2.30. The Morgan fingerprint density at radius 2 is 2.14 bits per heavy atom. The first kappa shape index (κ1) is 14.5. The van der Waals surface area contributed by atoms with Gasteiger partial charge in [-0.3, -0.25) is 13.3 Å². The van der Waals surface area contributed by atoms with Crippen molar-refractivity contribution in [2.24, 2.45) is 0 Å². The van der Waals surface area contributed by atoms with Crippen LogP contribution in [0.3, 0.4) is 0 Å². The summed E-state index contributed by atoms with van der Waals surface area (Å²) in [4.78, 5) is 4.89. The van der Waals surface area contributed by atoms with E-state index < -0.39 is 11.3 Å². The normalized spacial score (nSPS) is 12.7. The number of halogens is 1. The van der Waals surface area contributed by atoms with E-state index >= 15 is 0 Å². The molecule has 1 atom stereocenters. The van der Waals surface area contributed by atoms with Crippen LogP contribution in [0.15, 0.2) is 41.9 Å². The molecule has 1 N–H and O–H groups in total. The van der Waals surface area contributed by atoms with Crippen LogP contribution in [0.2, 0.25) is 5.15 Å². The Hall–Kier alpha value is -1.41. The second-order valence-electron chi connectivity index (χ2n) is 4.35. The van der Waals surface area contributed by atoms with Crippen molar-refractivity contribution in [3.8, 4) is 0 Å². The van der Waals surface area contributed by atoms with E-state index in [2.05, 4.69) is 4.98 Å². The number of fused-ring (bicyclic) bond motifs is 1. The maximum atomic E-state index is 11.7. The summed E-state index contributed by atoms with van der Waals surface area (Å²) in [6.45, 7) is 0.372. The van der Waals surface area contributed by atoms with Crippen LogP contribution in [0.4, 0.5) is 5.82 Å². The molecule has 2 heterocycles. The third-order valence-electron chi connectivity index (χ3n) is 3.07. The summed E-state index contributed by atoms with van der Waals surface area (Å²) in [5, 5.41) is 2.09. The standard InChI is InChI=1S/C13H12ClN3O2S2/c14-11-12(16-8-9-20-13(16)15-11)17(21(18)19)7-6-10-4-2-1-3-5-10/h1-5,8-9H,6-7H2,(H,18,19). The quantitative estimate of drug-likeness (QED) is 0.725. The minimum absolute atomic E-state index is 0.234. The fourth-order valence-electron chi connectivity index (χ4n) is 2.10. The number of hydrogen-bond acceptors (Lipinski definition) is 3. The maximum Gasteiger partial charge on any atom is 0.263 e. The molecular weight excluding hydrogens is 330 g/mol. The van der Waals surface area contributed by atoms with Crippen molar-refractivity contribution in [2.45, 2.75) is 6.42 Å². The third-order valence-corrected chi connectivity index (χ3v) is 4.81. The van der Waals surface area contributed by atoms with E-state index in [1.807, 2.05) is 35.7 Å². The first-order valence-corrected chi connectivity index (χ1v) is 8.52.